The maximum absolute atomic E-state index is 2.85. The molecule has 2 aliphatic heterocycles. The Morgan fingerprint density at radius 1 is 0.750 bits per heavy atom. The lowest BCUT2D eigenvalue weighted by molar-refractivity contribution is 0.0326. The highest BCUT2D eigenvalue weighted by Crippen LogP contribution is 2.21. The molecule has 3 heteroatoms. The Hall–Kier alpha value is -0.123. The third kappa shape index (κ3) is 7.84. The van der Waals surface area contributed by atoms with Crippen molar-refractivity contribution >= 4 is 9.52 Å². The summed E-state index contributed by atoms with van der Waals surface area (Å²) < 4.78 is 0. The minimum atomic E-state index is 0.0691. The zero-order valence-electron chi connectivity index (χ0n) is 16.4. The molecule has 2 fully saturated rings. The van der Waals surface area contributed by atoms with Gasteiger partial charge in [-0.3, -0.25) is 9.80 Å². The predicted molar refractivity (Wildman–Crippen MR) is 111 cm³/mol. The second kappa shape index (κ2) is 13.1. The minimum Gasteiger partial charge on any atom is -0.288 e. The van der Waals surface area contributed by atoms with Gasteiger partial charge in [-0.2, -0.15) is 0 Å². The summed E-state index contributed by atoms with van der Waals surface area (Å²) in [7, 11) is 0.0691. The zero-order chi connectivity index (χ0) is 16.9. The summed E-state index contributed by atoms with van der Waals surface area (Å²) in [5, 5.41) is 0. The molecule has 0 atom stereocenters. The molecule has 0 radical (unpaired) electrons. The smallest absolute Gasteiger partial charge is 0.0657 e. The summed E-state index contributed by atoms with van der Waals surface area (Å²) in [5.41, 5.74) is 2.59. The van der Waals surface area contributed by atoms with Crippen molar-refractivity contribution in [1.82, 2.24) is 9.80 Å². The average Bonchev–Trinajstić information content (AvgIpc) is 2.52. The Labute approximate surface area is 153 Å². The second-order valence-corrected chi connectivity index (χ2v) is 9.69. The topological polar surface area (TPSA) is 6.48 Å². The van der Waals surface area contributed by atoms with Crippen molar-refractivity contribution in [3.05, 3.63) is 11.8 Å². The molecule has 0 bridgehead atoms. The molecule has 0 N–H and O–H groups in total. The first-order chi connectivity index (χ1) is 11.9. The van der Waals surface area contributed by atoms with Crippen molar-refractivity contribution in [2.45, 2.75) is 96.2 Å². The van der Waals surface area contributed by atoms with E-state index in [1.54, 1.807) is 0 Å². The van der Waals surface area contributed by atoms with Crippen LogP contribution in [0.15, 0.2) is 11.8 Å². The van der Waals surface area contributed by atoms with Crippen LogP contribution in [0.5, 0.6) is 0 Å². The van der Waals surface area contributed by atoms with E-state index in [0.717, 1.165) is 0 Å². The van der Waals surface area contributed by atoms with Crippen molar-refractivity contribution in [3.63, 3.8) is 0 Å². The summed E-state index contributed by atoms with van der Waals surface area (Å²) in [6.07, 6.45) is 20.3. The zero-order valence-corrected chi connectivity index (χ0v) is 17.8. The van der Waals surface area contributed by atoms with Crippen LogP contribution >= 0.6 is 0 Å². The van der Waals surface area contributed by atoms with Gasteiger partial charge in [-0.25, -0.2) is 0 Å². The first-order valence-corrected chi connectivity index (χ1v) is 12.9. The van der Waals surface area contributed by atoms with Crippen LogP contribution in [0.25, 0.3) is 0 Å². The molecule has 0 aromatic carbocycles. The number of nitrogens with zero attached hydrogens (tertiary/aromatic N) is 2. The van der Waals surface area contributed by atoms with Crippen molar-refractivity contribution in [2.75, 3.05) is 26.2 Å². The molecule has 0 aliphatic carbocycles. The maximum atomic E-state index is 2.85. The van der Waals surface area contributed by atoms with E-state index in [1.807, 2.05) is 0 Å². The molecule has 0 unspecified atom stereocenters. The highest BCUT2D eigenvalue weighted by molar-refractivity contribution is 6.41. The van der Waals surface area contributed by atoms with Crippen LogP contribution in [0, 0.1) is 0 Å². The molecule has 24 heavy (non-hydrogen) atoms. The Kier molecular flexibility index (Phi) is 11.0. The molecule has 0 spiro atoms. The highest BCUT2D eigenvalue weighted by Gasteiger charge is 2.24. The lowest BCUT2D eigenvalue weighted by atomic mass is 10.0. The molecule has 0 saturated carbocycles. The molecule has 2 saturated heterocycles. The van der Waals surface area contributed by atoms with Gasteiger partial charge in [-0.1, -0.05) is 64.0 Å². The van der Waals surface area contributed by atoms with Gasteiger partial charge in [0.25, 0.3) is 0 Å². The summed E-state index contributed by atoms with van der Waals surface area (Å²) in [6.45, 7) is 7.66. The van der Waals surface area contributed by atoms with Gasteiger partial charge in [0, 0.05) is 9.52 Å². The Balaban J connectivity index is 1.96. The average molecular weight is 351 g/mol. The van der Waals surface area contributed by atoms with Gasteiger partial charge in [-0.05, 0) is 58.3 Å². The van der Waals surface area contributed by atoms with E-state index in [4.69, 9.17) is 0 Å². The number of hydrogen-bond donors (Lipinski definition) is 0. The van der Waals surface area contributed by atoms with Gasteiger partial charge in [0.05, 0.1) is 6.17 Å². The largest absolute Gasteiger partial charge is 0.288 e. The fourth-order valence-electron chi connectivity index (χ4n) is 4.33. The Morgan fingerprint density at radius 3 is 1.67 bits per heavy atom. The quantitative estimate of drug-likeness (QED) is 0.483. The van der Waals surface area contributed by atoms with Crippen LogP contribution in [-0.4, -0.2) is 51.7 Å². The molecule has 2 aliphatic rings. The fourth-order valence-corrected chi connectivity index (χ4v) is 5.40. The molecule has 0 aromatic rings. The summed E-state index contributed by atoms with van der Waals surface area (Å²) in [4.78, 5) is 5.71. The standard InChI is InChI=1S/C21H42N2Si/c1-2-19-24-20-13-14-21(22-15-9-5-3-6-10-16-22)23-17-11-7-4-8-12-18-23/h13,20-21H,2-12,14-19,24H2,1H3. The second-order valence-electron chi connectivity index (χ2n) is 7.94. The van der Waals surface area contributed by atoms with Gasteiger partial charge in [0.15, 0.2) is 0 Å². The monoisotopic (exact) mass is 350 g/mol. The normalized spacial score (nSPS) is 23.6. The lowest BCUT2D eigenvalue weighted by Crippen LogP contribution is -2.50. The lowest BCUT2D eigenvalue weighted by Gasteiger charge is -2.41. The van der Waals surface area contributed by atoms with E-state index in [2.05, 4.69) is 28.5 Å². The Morgan fingerprint density at radius 2 is 1.21 bits per heavy atom. The van der Waals surface area contributed by atoms with E-state index in [1.165, 1.54) is 109 Å². The third-order valence-electron chi connectivity index (χ3n) is 5.86. The minimum absolute atomic E-state index is 0.0691. The van der Waals surface area contributed by atoms with Crippen LogP contribution in [0.1, 0.15) is 84.0 Å². The van der Waals surface area contributed by atoms with Crippen LogP contribution in [-0.2, 0) is 0 Å². The number of rotatable bonds is 7. The third-order valence-corrected chi connectivity index (χ3v) is 7.64. The SMILES string of the molecule is CCC[SiH2]C=CCC(N1CCCCCCC1)N1CCCCCCC1. The van der Waals surface area contributed by atoms with Crippen molar-refractivity contribution in [3.8, 4) is 0 Å². The summed E-state index contributed by atoms with van der Waals surface area (Å²) >= 11 is 0. The first-order valence-electron chi connectivity index (χ1n) is 11.0. The maximum Gasteiger partial charge on any atom is 0.0657 e. The molecule has 2 heterocycles. The van der Waals surface area contributed by atoms with Crippen molar-refractivity contribution in [1.29, 1.82) is 0 Å². The number of hydrogen-bond acceptors (Lipinski definition) is 2. The van der Waals surface area contributed by atoms with E-state index >= 15 is 0 Å². The molecule has 0 amide bonds. The van der Waals surface area contributed by atoms with Crippen LogP contribution in [0.3, 0.4) is 0 Å². The van der Waals surface area contributed by atoms with Crippen molar-refractivity contribution < 1.29 is 0 Å². The van der Waals surface area contributed by atoms with Crippen LogP contribution in [0.4, 0.5) is 0 Å². The summed E-state index contributed by atoms with van der Waals surface area (Å²) in [5.74, 6) is 0. The molecule has 2 nitrogen and oxygen atoms in total. The van der Waals surface area contributed by atoms with Gasteiger partial charge in [0.1, 0.15) is 0 Å². The molecule has 0 aromatic heterocycles. The van der Waals surface area contributed by atoms with E-state index in [9.17, 15) is 0 Å². The molecular formula is C21H42N2Si. The van der Waals surface area contributed by atoms with E-state index < -0.39 is 0 Å². The molecular weight excluding hydrogens is 308 g/mol. The van der Waals surface area contributed by atoms with Crippen LogP contribution < -0.4 is 0 Å². The molecule has 2 rings (SSSR count). The van der Waals surface area contributed by atoms with E-state index in [0.29, 0.717) is 6.17 Å². The fraction of sp³-hybridized carbons (Fsp3) is 0.905. The van der Waals surface area contributed by atoms with Gasteiger partial charge in [-0.15, -0.1) is 5.70 Å². The van der Waals surface area contributed by atoms with Crippen LogP contribution in [0.2, 0.25) is 6.04 Å². The van der Waals surface area contributed by atoms with Gasteiger partial charge < -0.3 is 0 Å². The Bertz CT molecular complexity index is 294. The molecule has 140 valence electrons. The van der Waals surface area contributed by atoms with E-state index in [-0.39, 0.29) is 9.52 Å². The van der Waals surface area contributed by atoms with Gasteiger partial charge >= 0.3 is 0 Å². The van der Waals surface area contributed by atoms with Gasteiger partial charge in [0.2, 0.25) is 0 Å². The predicted octanol–water partition coefficient (Wildman–Crippen LogP) is 4.75. The number of likely N-dealkylation sites (tertiary alicyclic amines) is 2. The first kappa shape index (κ1) is 20.2. The highest BCUT2D eigenvalue weighted by atomic mass is 28.2. The summed E-state index contributed by atoms with van der Waals surface area (Å²) in [6, 6.07) is 1.48. The van der Waals surface area contributed by atoms with Crippen molar-refractivity contribution in [2.24, 2.45) is 0 Å².